The molecule has 0 saturated heterocycles. The van der Waals surface area contributed by atoms with Crippen LogP contribution in [0.1, 0.15) is 53.4 Å². The summed E-state index contributed by atoms with van der Waals surface area (Å²) in [5, 5.41) is 9.18. The van der Waals surface area contributed by atoms with Crippen molar-refractivity contribution >= 4 is 23.6 Å². The molecule has 0 aromatic carbocycles. The van der Waals surface area contributed by atoms with Crippen LogP contribution >= 0.6 is 0 Å². The molecule has 3 N–H and O–H groups in total. The van der Waals surface area contributed by atoms with E-state index in [-0.39, 0.29) is 24.6 Å². The predicted molar refractivity (Wildman–Crippen MR) is 124 cm³/mol. The van der Waals surface area contributed by atoms with Gasteiger partial charge in [-0.1, -0.05) is 6.08 Å². The van der Waals surface area contributed by atoms with Crippen LogP contribution in [0.3, 0.4) is 0 Å². The zero-order chi connectivity index (χ0) is 23.6. The molecule has 1 heterocycles. The van der Waals surface area contributed by atoms with Gasteiger partial charge in [-0.2, -0.15) is 4.98 Å². The fourth-order valence-corrected chi connectivity index (χ4v) is 3.38. The van der Waals surface area contributed by atoms with Crippen molar-refractivity contribution in [1.29, 1.82) is 0 Å². The van der Waals surface area contributed by atoms with Gasteiger partial charge >= 0.3 is 12.1 Å². The Labute approximate surface area is 190 Å². The van der Waals surface area contributed by atoms with Crippen molar-refractivity contribution in [2.24, 2.45) is 5.92 Å². The number of hydrogen-bond acceptors (Lipinski definition) is 8. The Morgan fingerprint density at radius 2 is 1.91 bits per heavy atom. The summed E-state index contributed by atoms with van der Waals surface area (Å²) in [4.78, 5) is 28.0. The van der Waals surface area contributed by atoms with Gasteiger partial charge in [0.1, 0.15) is 12.1 Å². The first-order chi connectivity index (χ1) is 15.2. The van der Waals surface area contributed by atoms with Crippen LogP contribution < -0.4 is 20.7 Å². The highest BCUT2D eigenvalue weighted by molar-refractivity contribution is 5.77. The number of aromatic nitrogens is 1. The van der Waals surface area contributed by atoms with Crippen LogP contribution in [-0.2, 0) is 14.3 Å². The van der Waals surface area contributed by atoms with Crippen LogP contribution in [-0.4, -0.2) is 49.0 Å². The fourth-order valence-electron chi connectivity index (χ4n) is 3.38. The van der Waals surface area contributed by atoms with Crippen LogP contribution in [0.4, 0.5) is 16.3 Å². The Balaban J connectivity index is 1.86. The molecule has 32 heavy (non-hydrogen) atoms. The van der Waals surface area contributed by atoms with Gasteiger partial charge in [0.25, 0.3) is 0 Å². The summed E-state index contributed by atoms with van der Waals surface area (Å²) in [7, 11) is 1.55. The normalized spacial score (nSPS) is 18.7. The van der Waals surface area contributed by atoms with Gasteiger partial charge in [0.05, 0.1) is 19.4 Å². The minimum Gasteiger partial charge on any atom is -0.481 e. The summed E-state index contributed by atoms with van der Waals surface area (Å²) >= 11 is 0. The minimum absolute atomic E-state index is 0.0505. The van der Waals surface area contributed by atoms with Gasteiger partial charge in [0.2, 0.25) is 5.88 Å². The maximum Gasteiger partial charge on any atom is 0.407 e. The van der Waals surface area contributed by atoms with Crippen LogP contribution in [0.25, 0.3) is 0 Å². The Morgan fingerprint density at radius 1 is 1.19 bits per heavy atom. The maximum atomic E-state index is 11.9. The monoisotopic (exact) mass is 448 g/mol. The van der Waals surface area contributed by atoms with E-state index in [1.165, 1.54) is 0 Å². The SMILES string of the molecule is CCOC(=O)CNc1ccc(OC)nc1N/C=C/C1CCC(NC(=O)OC(C)(C)C)CC1. The van der Waals surface area contributed by atoms with Crippen molar-refractivity contribution in [2.75, 3.05) is 30.9 Å². The van der Waals surface area contributed by atoms with Gasteiger partial charge < -0.3 is 30.2 Å². The second kappa shape index (κ2) is 12.2. The molecule has 0 bridgehead atoms. The molecule has 0 spiro atoms. The van der Waals surface area contributed by atoms with Crippen LogP contribution in [0.15, 0.2) is 24.4 Å². The van der Waals surface area contributed by atoms with Crippen molar-refractivity contribution < 1.29 is 23.8 Å². The van der Waals surface area contributed by atoms with Crippen molar-refractivity contribution in [3.8, 4) is 5.88 Å². The largest absolute Gasteiger partial charge is 0.481 e. The predicted octanol–water partition coefficient (Wildman–Crippen LogP) is 4.07. The number of pyridine rings is 1. The molecule has 9 heteroatoms. The van der Waals surface area contributed by atoms with E-state index in [0.717, 1.165) is 25.7 Å². The van der Waals surface area contributed by atoms with Crippen molar-refractivity contribution in [3.05, 3.63) is 24.4 Å². The summed E-state index contributed by atoms with van der Waals surface area (Å²) in [6, 6.07) is 3.66. The number of esters is 1. The summed E-state index contributed by atoms with van der Waals surface area (Å²) in [5.74, 6) is 1.10. The summed E-state index contributed by atoms with van der Waals surface area (Å²) < 4.78 is 15.5. The van der Waals surface area contributed by atoms with E-state index >= 15 is 0 Å². The molecule has 1 amide bonds. The second-order valence-electron chi connectivity index (χ2n) is 8.67. The number of nitrogens with one attached hydrogen (secondary N) is 3. The molecule has 1 fully saturated rings. The first-order valence-electron chi connectivity index (χ1n) is 11.1. The second-order valence-corrected chi connectivity index (χ2v) is 8.67. The fraction of sp³-hybridized carbons (Fsp3) is 0.609. The molecular weight excluding hydrogens is 412 g/mol. The van der Waals surface area contributed by atoms with E-state index < -0.39 is 5.60 Å². The average molecular weight is 449 g/mol. The first-order valence-corrected chi connectivity index (χ1v) is 11.1. The lowest BCUT2D eigenvalue weighted by Gasteiger charge is -2.28. The third-order valence-electron chi connectivity index (χ3n) is 4.89. The molecule has 0 atom stereocenters. The molecule has 178 valence electrons. The number of ether oxygens (including phenoxy) is 3. The van der Waals surface area contributed by atoms with E-state index in [1.807, 2.05) is 27.0 Å². The number of carbonyl (C=O) groups excluding carboxylic acids is 2. The molecular formula is C23H36N4O5. The molecule has 1 aliphatic rings. The number of anilines is 2. The standard InChI is InChI=1S/C23H36N4O5/c1-6-31-20(28)15-25-18-11-12-19(30-5)27-21(18)24-14-13-16-7-9-17(10-8-16)26-22(29)32-23(2,3)4/h11-14,16-17,25H,6-10,15H2,1-5H3,(H,24,27)(H,26,29)/b14-13+. The third kappa shape index (κ3) is 9.03. The molecule has 2 rings (SSSR count). The Morgan fingerprint density at radius 3 is 2.53 bits per heavy atom. The third-order valence-corrected chi connectivity index (χ3v) is 4.89. The van der Waals surface area contributed by atoms with Crippen LogP contribution in [0, 0.1) is 5.92 Å². The van der Waals surface area contributed by atoms with Gasteiger partial charge in [-0.05, 0) is 71.6 Å². The summed E-state index contributed by atoms with van der Waals surface area (Å²) in [5.41, 5.74) is 0.183. The highest BCUT2D eigenvalue weighted by Gasteiger charge is 2.23. The first kappa shape index (κ1) is 25.3. The Kier molecular flexibility index (Phi) is 9.61. The van der Waals surface area contributed by atoms with E-state index in [2.05, 4.69) is 27.0 Å². The molecule has 1 aromatic rings. The quantitative estimate of drug-likeness (QED) is 0.485. The average Bonchev–Trinajstić information content (AvgIpc) is 2.72. The van der Waals surface area contributed by atoms with E-state index in [4.69, 9.17) is 14.2 Å². The zero-order valence-electron chi connectivity index (χ0n) is 19.7. The van der Waals surface area contributed by atoms with E-state index in [1.54, 1.807) is 26.2 Å². The molecule has 1 saturated carbocycles. The Hall–Kier alpha value is -2.97. The molecule has 0 unspecified atom stereocenters. The lowest BCUT2D eigenvalue weighted by atomic mass is 9.86. The van der Waals surface area contributed by atoms with Gasteiger partial charge in [-0.15, -0.1) is 0 Å². The highest BCUT2D eigenvalue weighted by atomic mass is 16.6. The lowest BCUT2D eigenvalue weighted by Crippen LogP contribution is -2.40. The zero-order valence-corrected chi connectivity index (χ0v) is 19.7. The maximum absolute atomic E-state index is 11.9. The highest BCUT2D eigenvalue weighted by Crippen LogP contribution is 2.27. The van der Waals surface area contributed by atoms with Crippen molar-refractivity contribution in [2.45, 2.75) is 65.0 Å². The number of alkyl carbamates (subject to hydrolysis) is 1. The van der Waals surface area contributed by atoms with Crippen molar-refractivity contribution in [1.82, 2.24) is 10.3 Å². The molecule has 1 aromatic heterocycles. The minimum atomic E-state index is -0.492. The molecule has 0 aliphatic heterocycles. The lowest BCUT2D eigenvalue weighted by molar-refractivity contribution is -0.140. The van der Waals surface area contributed by atoms with Gasteiger partial charge in [0, 0.05) is 12.1 Å². The molecule has 9 nitrogen and oxygen atoms in total. The number of amides is 1. The molecule has 0 radical (unpaired) electrons. The van der Waals surface area contributed by atoms with Crippen LogP contribution in [0.5, 0.6) is 5.88 Å². The number of methoxy groups -OCH3 is 1. The topological polar surface area (TPSA) is 111 Å². The number of carbonyl (C=O) groups is 2. The van der Waals surface area contributed by atoms with E-state index in [0.29, 0.717) is 29.9 Å². The van der Waals surface area contributed by atoms with Gasteiger partial charge in [-0.3, -0.25) is 4.79 Å². The molecule has 1 aliphatic carbocycles. The van der Waals surface area contributed by atoms with E-state index in [9.17, 15) is 9.59 Å². The van der Waals surface area contributed by atoms with Crippen molar-refractivity contribution in [3.63, 3.8) is 0 Å². The number of hydrogen-bond donors (Lipinski definition) is 3. The van der Waals surface area contributed by atoms with Gasteiger partial charge in [-0.25, -0.2) is 4.79 Å². The summed E-state index contributed by atoms with van der Waals surface area (Å²) in [6.07, 6.45) is 7.36. The number of rotatable bonds is 9. The van der Waals surface area contributed by atoms with Gasteiger partial charge in [0.15, 0.2) is 5.82 Å². The number of nitrogens with zero attached hydrogens (tertiary/aromatic N) is 1. The van der Waals surface area contributed by atoms with Crippen LogP contribution in [0.2, 0.25) is 0 Å². The Bertz CT molecular complexity index is 783. The summed E-state index contributed by atoms with van der Waals surface area (Å²) in [6.45, 7) is 7.73. The smallest absolute Gasteiger partial charge is 0.407 e. The number of allylic oxidation sites excluding steroid dienone is 1.